The Morgan fingerprint density at radius 2 is 1.96 bits per heavy atom. The molecule has 6 nitrogen and oxygen atoms in total. The molecule has 0 aliphatic carbocycles. The Hall–Kier alpha value is -2.70. The van der Waals surface area contributed by atoms with Gasteiger partial charge in [-0.05, 0) is 36.6 Å². The van der Waals surface area contributed by atoms with E-state index in [1.165, 1.54) is 0 Å². The zero-order valence-corrected chi connectivity index (χ0v) is 13.7. The van der Waals surface area contributed by atoms with Crippen molar-refractivity contribution in [3.05, 3.63) is 65.7 Å². The van der Waals surface area contributed by atoms with Crippen LogP contribution in [0, 0.1) is 0 Å². The number of rotatable bonds is 6. The van der Waals surface area contributed by atoms with E-state index in [9.17, 15) is 9.59 Å². The maximum Gasteiger partial charge on any atom is 0.274 e. The largest absolute Gasteiger partial charge is 0.368 e. The monoisotopic (exact) mass is 340 g/mol. The van der Waals surface area contributed by atoms with Crippen LogP contribution in [0.2, 0.25) is 0 Å². The van der Waals surface area contributed by atoms with Gasteiger partial charge in [-0.1, -0.05) is 36.4 Å². The van der Waals surface area contributed by atoms with Crippen molar-refractivity contribution < 1.29 is 19.2 Å². The Kier molecular flexibility index (Phi) is 5.77. The SMILES string of the molecule is O=C(NOCc1ccccc1)c1cccc(NC(=O)[C@H]2CCCO2)c1. The predicted octanol–water partition coefficient (Wildman–Crippen LogP) is 2.67. The van der Waals surface area contributed by atoms with Crippen molar-refractivity contribution in [1.82, 2.24) is 5.48 Å². The molecule has 2 aromatic rings. The summed E-state index contributed by atoms with van der Waals surface area (Å²) in [6.07, 6.45) is 1.20. The molecule has 0 bridgehead atoms. The quantitative estimate of drug-likeness (QED) is 0.793. The van der Waals surface area contributed by atoms with Gasteiger partial charge in [0, 0.05) is 17.9 Å². The first-order valence-corrected chi connectivity index (χ1v) is 8.21. The molecule has 0 saturated carbocycles. The van der Waals surface area contributed by atoms with Crippen molar-refractivity contribution in [2.45, 2.75) is 25.6 Å². The molecule has 1 fully saturated rings. The van der Waals surface area contributed by atoms with E-state index in [0.29, 0.717) is 17.9 Å². The third kappa shape index (κ3) is 4.89. The summed E-state index contributed by atoms with van der Waals surface area (Å²) in [5.74, 6) is -0.556. The lowest BCUT2D eigenvalue weighted by Gasteiger charge is -2.11. The molecular formula is C19H20N2O4. The maximum absolute atomic E-state index is 12.2. The predicted molar refractivity (Wildman–Crippen MR) is 92.7 cm³/mol. The zero-order chi connectivity index (χ0) is 17.5. The lowest BCUT2D eigenvalue weighted by atomic mass is 10.1. The van der Waals surface area contributed by atoms with Gasteiger partial charge in [0.25, 0.3) is 11.8 Å². The van der Waals surface area contributed by atoms with Crippen molar-refractivity contribution in [2.24, 2.45) is 0 Å². The summed E-state index contributed by atoms with van der Waals surface area (Å²) < 4.78 is 5.35. The van der Waals surface area contributed by atoms with Crippen LogP contribution in [0.4, 0.5) is 5.69 Å². The van der Waals surface area contributed by atoms with E-state index in [0.717, 1.165) is 18.4 Å². The van der Waals surface area contributed by atoms with E-state index in [-0.39, 0.29) is 18.4 Å². The number of hydrogen-bond acceptors (Lipinski definition) is 4. The van der Waals surface area contributed by atoms with Gasteiger partial charge in [0.1, 0.15) is 6.10 Å². The lowest BCUT2D eigenvalue weighted by molar-refractivity contribution is -0.124. The van der Waals surface area contributed by atoms with Gasteiger partial charge >= 0.3 is 0 Å². The van der Waals surface area contributed by atoms with Gasteiger partial charge < -0.3 is 10.1 Å². The number of carbonyl (C=O) groups is 2. The number of hydrogen-bond donors (Lipinski definition) is 2. The molecule has 130 valence electrons. The molecule has 2 amide bonds. The number of nitrogens with one attached hydrogen (secondary N) is 2. The molecule has 1 aliphatic heterocycles. The Labute approximate surface area is 146 Å². The molecule has 2 aromatic carbocycles. The Bertz CT molecular complexity index is 727. The second-order valence-corrected chi connectivity index (χ2v) is 5.78. The van der Waals surface area contributed by atoms with Crippen molar-refractivity contribution in [3.63, 3.8) is 0 Å². The molecule has 0 radical (unpaired) electrons. The first-order valence-electron chi connectivity index (χ1n) is 8.21. The van der Waals surface area contributed by atoms with Gasteiger partial charge in [0.15, 0.2) is 0 Å². The highest BCUT2D eigenvalue weighted by molar-refractivity contribution is 5.98. The average molecular weight is 340 g/mol. The van der Waals surface area contributed by atoms with Crippen molar-refractivity contribution in [1.29, 1.82) is 0 Å². The maximum atomic E-state index is 12.2. The number of hydroxylamine groups is 1. The minimum atomic E-state index is -0.410. The first kappa shape index (κ1) is 17.1. The topological polar surface area (TPSA) is 76.7 Å². The first-order chi connectivity index (χ1) is 12.2. The fourth-order valence-corrected chi connectivity index (χ4v) is 2.56. The van der Waals surface area contributed by atoms with Crippen LogP contribution in [0.15, 0.2) is 54.6 Å². The third-order valence-electron chi connectivity index (χ3n) is 3.86. The van der Waals surface area contributed by atoms with Crippen LogP contribution in [-0.4, -0.2) is 24.5 Å². The normalized spacial score (nSPS) is 16.4. The second kappa shape index (κ2) is 8.41. The molecule has 0 aromatic heterocycles. The van der Waals surface area contributed by atoms with E-state index >= 15 is 0 Å². The highest BCUT2D eigenvalue weighted by Crippen LogP contribution is 2.16. The number of benzene rings is 2. The molecule has 25 heavy (non-hydrogen) atoms. The summed E-state index contributed by atoms with van der Waals surface area (Å²) in [5, 5.41) is 2.78. The molecule has 3 rings (SSSR count). The average Bonchev–Trinajstić information content (AvgIpc) is 3.18. The van der Waals surface area contributed by atoms with Crippen LogP contribution >= 0.6 is 0 Å². The Morgan fingerprint density at radius 3 is 2.72 bits per heavy atom. The van der Waals surface area contributed by atoms with Gasteiger partial charge in [0.2, 0.25) is 0 Å². The number of carbonyl (C=O) groups excluding carboxylic acids is 2. The van der Waals surface area contributed by atoms with Crippen LogP contribution in [-0.2, 0) is 21.0 Å². The molecule has 1 atom stereocenters. The third-order valence-corrected chi connectivity index (χ3v) is 3.86. The van der Waals surface area contributed by atoms with Crippen LogP contribution in [0.3, 0.4) is 0 Å². The van der Waals surface area contributed by atoms with Gasteiger partial charge in [-0.15, -0.1) is 0 Å². The highest BCUT2D eigenvalue weighted by atomic mass is 16.6. The Morgan fingerprint density at radius 1 is 1.12 bits per heavy atom. The van der Waals surface area contributed by atoms with E-state index < -0.39 is 6.10 Å². The van der Waals surface area contributed by atoms with E-state index in [4.69, 9.17) is 9.57 Å². The number of amides is 2. The van der Waals surface area contributed by atoms with Crippen LogP contribution in [0.5, 0.6) is 0 Å². The summed E-state index contributed by atoms with van der Waals surface area (Å²) in [5.41, 5.74) is 4.32. The standard InChI is InChI=1S/C19H20N2O4/c22-18(21-25-13-14-6-2-1-3-7-14)15-8-4-9-16(12-15)20-19(23)17-10-5-11-24-17/h1-4,6-9,12,17H,5,10-11,13H2,(H,20,23)(H,21,22)/t17-/m1/s1. The molecule has 1 saturated heterocycles. The van der Waals surface area contributed by atoms with E-state index in [1.54, 1.807) is 24.3 Å². The summed E-state index contributed by atoms with van der Waals surface area (Å²) in [4.78, 5) is 29.5. The fourth-order valence-electron chi connectivity index (χ4n) is 2.56. The van der Waals surface area contributed by atoms with Gasteiger partial charge in [-0.3, -0.25) is 14.4 Å². The van der Waals surface area contributed by atoms with Crippen molar-refractivity contribution in [2.75, 3.05) is 11.9 Å². The van der Waals surface area contributed by atoms with Gasteiger partial charge in [-0.25, -0.2) is 5.48 Å². The van der Waals surface area contributed by atoms with E-state index in [1.807, 2.05) is 30.3 Å². The van der Waals surface area contributed by atoms with Crippen LogP contribution in [0.1, 0.15) is 28.8 Å². The van der Waals surface area contributed by atoms with Gasteiger partial charge in [0.05, 0.1) is 6.61 Å². The molecule has 6 heteroatoms. The molecule has 0 unspecified atom stereocenters. The molecular weight excluding hydrogens is 320 g/mol. The second-order valence-electron chi connectivity index (χ2n) is 5.78. The Balaban J connectivity index is 1.53. The molecule has 0 spiro atoms. The van der Waals surface area contributed by atoms with Crippen molar-refractivity contribution in [3.8, 4) is 0 Å². The lowest BCUT2D eigenvalue weighted by Crippen LogP contribution is -2.27. The van der Waals surface area contributed by atoms with Crippen molar-refractivity contribution >= 4 is 17.5 Å². The van der Waals surface area contributed by atoms with Crippen LogP contribution < -0.4 is 10.8 Å². The van der Waals surface area contributed by atoms with Gasteiger partial charge in [-0.2, -0.15) is 0 Å². The number of ether oxygens (including phenoxy) is 1. The number of anilines is 1. The summed E-state index contributed by atoms with van der Waals surface area (Å²) in [7, 11) is 0. The molecule has 2 N–H and O–H groups in total. The zero-order valence-electron chi connectivity index (χ0n) is 13.7. The summed E-state index contributed by atoms with van der Waals surface area (Å²) in [6, 6.07) is 16.2. The van der Waals surface area contributed by atoms with Crippen LogP contribution in [0.25, 0.3) is 0 Å². The smallest absolute Gasteiger partial charge is 0.274 e. The van der Waals surface area contributed by atoms with E-state index in [2.05, 4.69) is 10.8 Å². The molecule has 1 heterocycles. The minimum Gasteiger partial charge on any atom is -0.368 e. The highest BCUT2D eigenvalue weighted by Gasteiger charge is 2.23. The molecule has 1 aliphatic rings. The summed E-state index contributed by atoms with van der Waals surface area (Å²) >= 11 is 0. The minimum absolute atomic E-state index is 0.185. The fraction of sp³-hybridized carbons (Fsp3) is 0.263. The summed E-state index contributed by atoms with van der Waals surface area (Å²) in [6.45, 7) is 0.890.